The molecule has 3 fully saturated rings. The Morgan fingerprint density at radius 2 is 1.47 bits per heavy atom. The van der Waals surface area contributed by atoms with Gasteiger partial charge in [-0.05, 0) is 33.8 Å². The van der Waals surface area contributed by atoms with Crippen molar-refractivity contribution < 1.29 is 38.4 Å². The first-order valence-electron chi connectivity index (χ1n) is 11.1. The van der Waals surface area contributed by atoms with Crippen molar-refractivity contribution in [3.05, 3.63) is 42.0 Å². The average molecular weight is 511 g/mol. The smallest absolute Gasteiger partial charge is 0.190 e. The molecule has 3 unspecified atom stereocenters. The van der Waals surface area contributed by atoms with Gasteiger partial charge in [0.2, 0.25) is 0 Å². The van der Waals surface area contributed by atoms with Gasteiger partial charge in [-0.25, -0.2) is 0 Å². The summed E-state index contributed by atoms with van der Waals surface area (Å²) >= 11 is 2.53. The normalized spacial score (nSPS) is 32.1. The van der Waals surface area contributed by atoms with Gasteiger partial charge >= 0.3 is 0 Å². The van der Waals surface area contributed by atoms with Gasteiger partial charge in [-0.3, -0.25) is 0 Å². The maximum Gasteiger partial charge on any atom is 0.190 e. The van der Waals surface area contributed by atoms with E-state index in [0.717, 1.165) is 12.6 Å². The molecule has 0 saturated carbocycles. The highest BCUT2D eigenvalue weighted by atomic mass is 32.2. The van der Waals surface area contributed by atoms with E-state index in [1.807, 2.05) is 32.0 Å². The lowest BCUT2D eigenvalue weighted by atomic mass is 9.95. The van der Waals surface area contributed by atoms with Gasteiger partial charge in [0.1, 0.15) is 46.8 Å². The molecule has 0 bridgehead atoms. The molecule has 186 valence electrons. The highest BCUT2D eigenvalue weighted by Gasteiger charge is 2.64. The molecule has 8 nitrogen and oxygen atoms in total. The van der Waals surface area contributed by atoms with E-state index < -0.39 is 46.4 Å². The standard InChI is InChI=1S/C24H30O8S2/c1-22(2)29-17-18(30-22)20(28-21-19(17)31-23(3,4)32-21)24(33-12-10-25,34-13-11-26)14-16(27)15-8-6-5-7-9-15/h5-11,14,17-21,27H,12-13H2,1-4H3/b16-14+/t17?,18-,19?,20?,21-/m1/s1. The molecule has 3 heterocycles. The molecule has 34 heavy (non-hydrogen) atoms. The summed E-state index contributed by atoms with van der Waals surface area (Å²) in [6, 6.07) is 9.05. The zero-order valence-electron chi connectivity index (χ0n) is 19.5. The average Bonchev–Trinajstić information content (AvgIpc) is 3.29. The lowest BCUT2D eigenvalue weighted by Gasteiger charge is -2.45. The Bertz CT molecular complexity index is 907. The number of rotatable bonds is 9. The molecule has 0 spiro atoms. The van der Waals surface area contributed by atoms with E-state index in [1.54, 1.807) is 32.1 Å². The number of fused-ring (bicyclic) bond motifs is 3. The van der Waals surface area contributed by atoms with Crippen molar-refractivity contribution in [2.75, 3.05) is 11.5 Å². The van der Waals surface area contributed by atoms with Crippen molar-refractivity contribution in [2.24, 2.45) is 0 Å². The summed E-state index contributed by atoms with van der Waals surface area (Å²) in [5.74, 6) is -1.57. The first-order valence-corrected chi connectivity index (χ1v) is 13.1. The van der Waals surface area contributed by atoms with Crippen LogP contribution >= 0.6 is 23.5 Å². The topological polar surface area (TPSA) is 101 Å². The van der Waals surface area contributed by atoms with Gasteiger partial charge in [0.15, 0.2) is 17.9 Å². The summed E-state index contributed by atoms with van der Waals surface area (Å²) in [4.78, 5) is 22.9. The van der Waals surface area contributed by atoms with E-state index in [0.29, 0.717) is 5.56 Å². The molecule has 3 aliphatic rings. The van der Waals surface area contributed by atoms with Crippen molar-refractivity contribution >= 4 is 41.9 Å². The van der Waals surface area contributed by atoms with Gasteiger partial charge in [0, 0.05) is 5.56 Å². The van der Waals surface area contributed by atoms with Gasteiger partial charge in [0.25, 0.3) is 0 Å². The van der Waals surface area contributed by atoms with Gasteiger partial charge < -0.3 is 38.4 Å². The fraction of sp³-hybridized carbons (Fsp3) is 0.583. The van der Waals surface area contributed by atoms with E-state index in [9.17, 15) is 14.7 Å². The molecule has 3 aliphatic heterocycles. The predicted octanol–water partition coefficient (Wildman–Crippen LogP) is 3.54. The van der Waals surface area contributed by atoms with Crippen LogP contribution in [0.15, 0.2) is 36.4 Å². The molecule has 1 aromatic rings. The number of carbonyl (C=O) groups excluding carboxylic acids is 2. The number of ether oxygens (including phenoxy) is 5. The van der Waals surface area contributed by atoms with Crippen molar-refractivity contribution in [3.8, 4) is 0 Å². The number of thioether (sulfide) groups is 2. The molecule has 0 radical (unpaired) electrons. The lowest BCUT2D eigenvalue weighted by Crippen LogP contribution is -2.60. The molecule has 0 aromatic heterocycles. The largest absolute Gasteiger partial charge is 0.508 e. The van der Waals surface area contributed by atoms with E-state index in [1.165, 1.54) is 23.5 Å². The summed E-state index contributed by atoms with van der Waals surface area (Å²) in [7, 11) is 0. The quantitative estimate of drug-likeness (QED) is 0.302. The van der Waals surface area contributed by atoms with Crippen LogP contribution in [-0.2, 0) is 33.3 Å². The Kier molecular flexibility index (Phi) is 7.50. The molecule has 1 aromatic carbocycles. The summed E-state index contributed by atoms with van der Waals surface area (Å²) in [5, 5.41) is 11.1. The first-order chi connectivity index (χ1) is 16.1. The minimum atomic E-state index is -1.07. The second-order valence-corrected chi connectivity index (χ2v) is 12.0. The monoisotopic (exact) mass is 510 g/mol. The second-order valence-electron chi connectivity index (χ2n) is 9.16. The van der Waals surface area contributed by atoms with Crippen LogP contribution in [0, 0.1) is 0 Å². The van der Waals surface area contributed by atoms with Crippen molar-refractivity contribution in [2.45, 2.75) is 74.1 Å². The lowest BCUT2D eigenvalue weighted by molar-refractivity contribution is -0.233. The molecular formula is C24H30O8S2. The van der Waals surface area contributed by atoms with Gasteiger partial charge in [-0.1, -0.05) is 30.3 Å². The minimum Gasteiger partial charge on any atom is -0.508 e. The molecule has 1 N–H and O–H groups in total. The maximum absolute atomic E-state index is 11.4. The van der Waals surface area contributed by atoms with Crippen LogP contribution in [0.4, 0.5) is 0 Å². The fourth-order valence-electron chi connectivity index (χ4n) is 4.52. The highest BCUT2D eigenvalue weighted by molar-refractivity contribution is 8.19. The zero-order chi connectivity index (χ0) is 24.6. The van der Waals surface area contributed by atoms with Gasteiger partial charge in [-0.2, -0.15) is 0 Å². The SMILES string of the molecule is CC1(C)OC2C3OC(C)(C)O[C@H]3C(C(/C=C(/O)c3ccccc3)(SCC=O)SCC=O)O[C@@H]2O1. The number of hydrogen-bond acceptors (Lipinski definition) is 10. The number of benzene rings is 1. The van der Waals surface area contributed by atoms with Crippen LogP contribution in [0.1, 0.15) is 33.3 Å². The third kappa shape index (κ3) is 5.23. The highest BCUT2D eigenvalue weighted by Crippen LogP contribution is 2.53. The number of hydrogen-bond donors (Lipinski definition) is 1. The number of aliphatic hydroxyl groups is 1. The third-order valence-corrected chi connectivity index (χ3v) is 8.63. The maximum atomic E-state index is 11.4. The number of carbonyl (C=O) groups is 2. The van der Waals surface area contributed by atoms with Crippen LogP contribution < -0.4 is 0 Å². The first kappa shape index (κ1) is 25.7. The zero-order valence-corrected chi connectivity index (χ0v) is 21.2. The van der Waals surface area contributed by atoms with Crippen molar-refractivity contribution in [1.82, 2.24) is 0 Å². The Balaban J connectivity index is 1.80. The van der Waals surface area contributed by atoms with E-state index in [4.69, 9.17) is 23.7 Å². The summed E-state index contributed by atoms with van der Waals surface area (Å²) in [5.41, 5.74) is 0.598. The third-order valence-electron chi connectivity index (χ3n) is 5.71. The molecule has 10 heteroatoms. The summed E-state index contributed by atoms with van der Waals surface area (Å²) < 4.78 is 30.1. The van der Waals surface area contributed by atoms with Crippen LogP contribution in [0.2, 0.25) is 0 Å². The second kappa shape index (κ2) is 9.93. The summed E-state index contributed by atoms with van der Waals surface area (Å²) in [6.45, 7) is 7.23. The molecule has 0 aliphatic carbocycles. The molecular weight excluding hydrogens is 480 g/mol. The van der Waals surface area contributed by atoms with Crippen LogP contribution in [0.3, 0.4) is 0 Å². The molecule has 3 saturated heterocycles. The molecule has 0 amide bonds. The van der Waals surface area contributed by atoms with Crippen molar-refractivity contribution in [3.63, 3.8) is 0 Å². The Hall–Kier alpha value is -1.40. The van der Waals surface area contributed by atoms with E-state index in [-0.39, 0.29) is 17.3 Å². The fourth-order valence-corrected chi connectivity index (χ4v) is 7.02. The predicted molar refractivity (Wildman–Crippen MR) is 129 cm³/mol. The molecule has 5 atom stereocenters. The molecule has 4 rings (SSSR count). The van der Waals surface area contributed by atoms with Gasteiger partial charge in [-0.15, -0.1) is 23.5 Å². The van der Waals surface area contributed by atoms with Crippen LogP contribution in [-0.4, -0.2) is 75.5 Å². The van der Waals surface area contributed by atoms with E-state index in [2.05, 4.69) is 0 Å². The van der Waals surface area contributed by atoms with Crippen LogP contribution in [0.25, 0.3) is 5.76 Å². The Morgan fingerprint density at radius 3 is 2.09 bits per heavy atom. The Labute approximate surface area is 207 Å². The number of aliphatic hydroxyl groups excluding tert-OH is 1. The van der Waals surface area contributed by atoms with Gasteiger partial charge in [0.05, 0.1) is 11.5 Å². The Morgan fingerprint density at radius 1 is 0.912 bits per heavy atom. The summed E-state index contributed by atoms with van der Waals surface area (Å²) in [6.07, 6.45) is 0.0831. The van der Waals surface area contributed by atoms with Crippen LogP contribution in [0.5, 0.6) is 0 Å². The number of aldehydes is 2. The van der Waals surface area contributed by atoms with E-state index >= 15 is 0 Å². The minimum absolute atomic E-state index is 0.00164. The van der Waals surface area contributed by atoms with Crippen molar-refractivity contribution in [1.29, 1.82) is 0 Å².